The number of piperidine rings is 1. The maximum Gasteiger partial charge on any atom is 0.223 e. The van der Waals surface area contributed by atoms with E-state index < -0.39 is 11.9 Å². The standard InChI is InChI=1S/C22H27FN8O2/c1-12(13(2)32)30-11-16(9-25-30)29-6-4-5-14(10-29)20-27-21-17-7-15(23)8-18(33-3)19(17)26-22(24)31(21)28-20/h7-9,11-14,32H,4-6,10H2,1-3H3,(H2,24,26)/t12-,13+,14+/m0/s1. The zero-order chi connectivity index (χ0) is 23.3. The van der Waals surface area contributed by atoms with Crippen molar-refractivity contribution in [3.63, 3.8) is 0 Å². The van der Waals surface area contributed by atoms with E-state index >= 15 is 0 Å². The number of methoxy groups -OCH3 is 1. The number of benzene rings is 1. The van der Waals surface area contributed by atoms with Gasteiger partial charge in [0.05, 0.1) is 36.5 Å². The number of aliphatic hydroxyl groups is 1. The fraction of sp³-hybridized carbons (Fsp3) is 0.455. The van der Waals surface area contributed by atoms with Crippen molar-refractivity contribution in [1.29, 1.82) is 0 Å². The number of hydrogen-bond acceptors (Lipinski definition) is 8. The molecule has 3 N–H and O–H groups in total. The van der Waals surface area contributed by atoms with Gasteiger partial charge in [0.15, 0.2) is 11.5 Å². The largest absolute Gasteiger partial charge is 0.494 e. The fourth-order valence-electron chi connectivity index (χ4n) is 4.37. The second kappa shape index (κ2) is 8.14. The lowest BCUT2D eigenvalue weighted by molar-refractivity contribution is 0.132. The summed E-state index contributed by atoms with van der Waals surface area (Å²) >= 11 is 0. The van der Waals surface area contributed by atoms with Crippen molar-refractivity contribution < 1.29 is 14.2 Å². The molecule has 1 saturated heterocycles. The monoisotopic (exact) mass is 454 g/mol. The predicted molar refractivity (Wildman–Crippen MR) is 122 cm³/mol. The highest BCUT2D eigenvalue weighted by atomic mass is 19.1. The Morgan fingerprint density at radius 2 is 2.09 bits per heavy atom. The number of fused-ring (bicyclic) bond motifs is 3. The van der Waals surface area contributed by atoms with Gasteiger partial charge in [0.25, 0.3) is 0 Å². The smallest absolute Gasteiger partial charge is 0.223 e. The minimum atomic E-state index is -0.494. The van der Waals surface area contributed by atoms with Crippen LogP contribution in [0.4, 0.5) is 16.0 Å². The molecule has 1 aliphatic rings. The first-order chi connectivity index (χ1) is 15.9. The number of anilines is 2. The van der Waals surface area contributed by atoms with Gasteiger partial charge >= 0.3 is 0 Å². The van der Waals surface area contributed by atoms with E-state index in [-0.39, 0.29) is 17.9 Å². The highest BCUT2D eigenvalue weighted by Crippen LogP contribution is 2.32. The summed E-state index contributed by atoms with van der Waals surface area (Å²) in [6.45, 7) is 5.30. The van der Waals surface area contributed by atoms with E-state index in [1.165, 1.54) is 23.8 Å². The van der Waals surface area contributed by atoms with Gasteiger partial charge in [-0.05, 0) is 32.8 Å². The van der Waals surface area contributed by atoms with E-state index in [0.717, 1.165) is 25.1 Å². The molecule has 0 bridgehead atoms. The van der Waals surface area contributed by atoms with Crippen molar-refractivity contribution in [2.75, 3.05) is 30.8 Å². The number of halogens is 1. The quantitative estimate of drug-likeness (QED) is 0.472. The van der Waals surface area contributed by atoms with Crippen molar-refractivity contribution in [2.24, 2.45) is 0 Å². The SMILES string of the molecule is COc1cc(F)cc2c1nc(N)n1nc([C@@H]3CCCN(c4cnn([C@@H](C)[C@@H](C)O)c4)C3)nc21. The Morgan fingerprint density at radius 3 is 2.85 bits per heavy atom. The third kappa shape index (κ3) is 3.71. The molecule has 0 saturated carbocycles. The van der Waals surface area contributed by atoms with E-state index in [1.807, 2.05) is 19.3 Å². The first kappa shape index (κ1) is 21.4. The number of hydrogen-bond donors (Lipinski definition) is 2. The first-order valence-corrected chi connectivity index (χ1v) is 11.0. The van der Waals surface area contributed by atoms with Crippen molar-refractivity contribution in [1.82, 2.24) is 29.4 Å². The Kier molecular flexibility index (Phi) is 5.28. The van der Waals surface area contributed by atoms with Crippen LogP contribution >= 0.6 is 0 Å². The molecule has 0 unspecified atom stereocenters. The van der Waals surface area contributed by atoms with Crippen LogP contribution < -0.4 is 15.4 Å². The van der Waals surface area contributed by atoms with Crippen LogP contribution in [0.5, 0.6) is 5.75 Å². The average molecular weight is 455 g/mol. The van der Waals surface area contributed by atoms with Gasteiger partial charge in [0.1, 0.15) is 17.1 Å². The highest BCUT2D eigenvalue weighted by Gasteiger charge is 2.27. The number of nitrogen functional groups attached to an aromatic ring is 1. The van der Waals surface area contributed by atoms with Gasteiger partial charge < -0.3 is 20.5 Å². The summed E-state index contributed by atoms with van der Waals surface area (Å²) in [4.78, 5) is 11.4. The van der Waals surface area contributed by atoms with E-state index in [2.05, 4.69) is 20.1 Å². The van der Waals surface area contributed by atoms with E-state index in [1.54, 1.807) is 11.6 Å². The van der Waals surface area contributed by atoms with Crippen molar-refractivity contribution in [3.05, 3.63) is 36.2 Å². The molecule has 4 aromatic rings. The summed E-state index contributed by atoms with van der Waals surface area (Å²) in [7, 11) is 1.46. The maximum atomic E-state index is 14.2. The molecule has 33 heavy (non-hydrogen) atoms. The number of ether oxygens (including phenoxy) is 1. The molecular formula is C22H27FN8O2. The van der Waals surface area contributed by atoms with Gasteiger partial charge in [-0.25, -0.2) is 14.4 Å². The van der Waals surface area contributed by atoms with Crippen LogP contribution in [-0.4, -0.2) is 60.8 Å². The Balaban J connectivity index is 1.48. The first-order valence-electron chi connectivity index (χ1n) is 11.0. The average Bonchev–Trinajstić information content (AvgIpc) is 3.47. The van der Waals surface area contributed by atoms with Crippen LogP contribution in [0.1, 0.15) is 44.5 Å². The molecule has 0 aliphatic carbocycles. The Labute approximate surface area is 189 Å². The third-order valence-corrected chi connectivity index (χ3v) is 6.42. The second-order valence-corrected chi connectivity index (χ2v) is 8.62. The molecule has 1 aromatic carbocycles. The Bertz CT molecular complexity index is 1320. The fourth-order valence-corrected chi connectivity index (χ4v) is 4.37. The molecule has 10 nitrogen and oxygen atoms in total. The summed E-state index contributed by atoms with van der Waals surface area (Å²) in [6, 6.07) is 2.55. The minimum Gasteiger partial charge on any atom is -0.494 e. The molecular weight excluding hydrogens is 427 g/mol. The zero-order valence-corrected chi connectivity index (χ0v) is 18.8. The van der Waals surface area contributed by atoms with Crippen LogP contribution in [-0.2, 0) is 0 Å². The third-order valence-electron chi connectivity index (χ3n) is 6.42. The lowest BCUT2D eigenvalue weighted by Crippen LogP contribution is -2.34. The molecule has 3 aromatic heterocycles. The molecule has 1 aliphatic heterocycles. The predicted octanol–water partition coefficient (Wildman–Crippen LogP) is 2.53. The molecule has 1 fully saturated rings. The molecule has 5 rings (SSSR count). The number of aromatic nitrogens is 6. The maximum absolute atomic E-state index is 14.2. The Hall–Kier alpha value is -3.47. The molecule has 174 valence electrons. The summed E-state index contributed by atoms with van der Waals surface area (Å²) in [5.41, 5.74) is 8.06. The molecule has 0 radical (unpaired) electrons. The summed E-state index contributed by atoms with van der Waals surface area (Å²) < 4.78 is 22.7. The van der Waals surface area contributed by atoms with Crippen molar-refractivity contribution >= 4 is 28.2 Å². The van der Waals surface area contributed by atoms with Crippen LogP contribution in [0.3, 0.4) is 0 Å². The van der Waals surface area contributed by atoms with Gasteiger partial charge in [-0.15, -0.1) is 5.10 Å². The summed E-state index contributed by atoms with van der Waals surface area (Å²) in [5.74, 6) is 0.748. The van der Waals surface area contributed by atoms with Crippen LogP contribution in [0, 0.1) is 5.82 Å². The van der Waals surface area contributed by atoms with Gasteiger partial charge in [-0.2, -0.15) is 9.61 Å². The minimum absolute atomic E-state index is 0.0705. The van der Waals surface area contributed by atoms with E-state index in [0.29, 0.717) is 34.7 Å². The summed E-state index contributed by atoms with van der Waals surface area (Å²) in [5, 5.41) is 19.4. The second-order valence-electron chi connectivity index (χ2n) is 8.62. The number of nitrogens with zero attached hydrogens (tertiary/aromatic N) is 7. The normalized spacial score (nSPS) is 18.7. The molecule has 0 spiro atoms. The van der Waals surface area contributed by atoms with E-state index in [9.17, 15) is 9.50 Å². The van der Waals surface area contributed by atoms with Gasteiger partial charge in [-0.1, -0.05) is 0 Å². The van der Waals surface area contributed by atoms with Gasteiger partial charge in [0.2, 0.25) is 5.95 Å². The Morgan fingerprint density at radius 1 is 1.27 bits per heavy atom. The molecule has 0 amide bonds. The topological polar surface area (TPSA) is 120 Å². The molecule has 4 heterocycles. The number of rotatable bonds is 5. The summed E-state index contributed by atoms with van der Waals surface area (Å²) in [6.07, 6.45) is 5.18. The molecule has 11 heteroatoms. The van der Waals surface area contributed by atoms with Crippen LogP contribution in [0.25, 0.3) is 16.6 Å². The van der Waals surface area contributed by atoms with Gasteiger partial charge in [-0.3, -0.25) is 4.68 Å². The van der Waals surface area contributed by atoms with E-state index in [4.69, 9.17) is 15.5 Å². The van der Waals surface area contributed by atoms with Gasteiger partial charge in [0, 0.05) is 31.3 Å². The van der Waals surface area contributed by atoms with Crippen LogP contribution in [0.15, 0.2) is 24.5 Å². The lowest BCUT2D eigenvalue weighted by Gasteiger charge is -2.32. The van der Waals surface area contributed by atoms with Crippen LogP contribution in [0.2, 0.25) is 0 Å². The highest BCUT2D eigenvalue weighted by molar-refractivity contribution is 5.95. The van der Waals surface area contributed by atoms with Crippen molar-refractivity contribution in [2.45, 2.75) is 44.8 Å². The zero-order valence-electron chi connectivity index (χ0n) is 18.8. The number of aliphatic hydroxyl groups excluding tert-OH is 1. The van der Waals surface area contributed by atoms with Crippen molar-refractivity contribution in [3.8, 4) is 5.75 Å². The number of nitrogens with two attached hydrogens (primary N) is 1. The lowest BCUT2D eigenvalue weighted by atomic mass is 9.97. The molecule has 3 atom stereocenters.